The number of aryl methyl sites for hydroxylation is 1. The number of para-hydroxylation sites is 1. The second kappa shape index (κ2) is 9.65. The fourth-order valence-electron chi connectivity index (χ4n) is 1.60. The van der Waals surface area contributed by atoms with E-state index in [1.54, 1.807) is 6.08 Å². The Bertz CT molecular complexity index is 518. The highest BCUT2D eigenvalue weighted by molar-refractivity contribution is 5.83. The molecule has 0 spiro atoms. The van der Waals surface area contributed by atoms with Gasteiger partial charge in [0.2, 0.25) is 5.91 Å². The maximum absolute atomic E-state index is 10.6. The van der Waals surface area contributed by atoms with Crippen molar-refractivity contribution in [2.45, 2.75) is 19.8 Å². The first-order chi connectivity index (χ1) is 9.19. The number of carbonyl (C=O) groups excluding carboxylic acids is 2. The number of aromatic amines is 1. The molecule has 102 valence electrons. The summed E-state index contributed by atoms with van der Waals surface area (Å²) in [5.41, 5.74) is 7.36. The zero-order valence-electron chi connectivity index (χ0n) is 11.2. The summed E-state index contributed by atoms with van der Waals surface area (Å²) in [7, 11) is 0. The standard InChI is InChI=1S/C11H12N2O.C3H6.CH2O/c12-11(14)6-5-8-7-13-10-4-2-1-3-9(8)10;1-3-2;1-2/h1-4,7,13H,5-6H2,(H2,12,14);3H,1H2,2H3;1H2. The van der Waals surface area contributed by atoms with Crippen LogP contribution in [0.15, 0.2) is 43.1 Å². The Morgan fingerprint density at radius 1 is 1.37 bits per heavy atom. The number of fused-ring (bicyclic) bond motifs is 1. The minimum atomic E-state index is -0.254. The summed E-state index contributed by atoms with van der Waals surface area (Å²) < 4.78 is 0. The van der Waals surface area contributed by atoms with Gasteiger partial charge < -0.3 is 15.5 Å². The number of benzene rings is 1. The van der Waals surface area contributed by atoms with Gasteiger partial charge in [0.15, 0.2) is 0 Å². The second-order valence-electron chi connectivity index (χ2n) is 3.73. The van der Waals surface area contributed by atoms with Gasteiger partial charge >= 0.3 is 0 Å². The molecule has 3 N–H and O–H groups in total. The van der Waals surface area contributed by atoms with Gasteiger partial charge in [-0.15, -0.1) is 6.58 Å². The van der Waals surface area contributed by atoms with Crippen LogP contribution in [0.25, 0.3) is 10.9 Å². The molecular formula is C15H20N2O2. The molecule has 0 aliphatic carbocycles. The van der Waals surface area contributed by atoms with Crippen LogP contribution in [-0.4, -0.2) is 17.7 Å². The monoisotopic (exact) mass is 260 g/mol. The molecule has 1 aromatic heterocycles. The zero-order chi connectivity index (χ0) is 14.7. The third-order valence-electron chi connectivity index (χ3n) is 2.32. The molecule has 2 rings (SSSR count). The number of hydrogen-bond acceptors (Lipinski definition) is 2. The van der Waals surface area contributed by atoms with Crippen LogP contribution in [0.1, 0.15) is 18.9 Å². The van der Waals surface area contributed by atoms with Crippen LogP contribution in [0.2, 0.25) is 0 Å². The number of hydrogen-bond donors (Lipinski definition) is 2. The van der Waals surface area contributed by atoms with E-state index in [4.69, 9.17) is 10.5 Å². The highest BCUT2D eigenvalue weighted by atomic mass is 16.1. The average Bonchev–Trinajstić information content (AvgIpc) is 2.83. The van der Waals surface area contributed by atoms with Gasteiger partial charge in [-0.1, -0.05) is 24.3 Å². The van der Waals surface area contributed by atoms with Gasteiger partial charge in [0.1, 0.15) is 6.79 Å². The van der Waals surface area contributed by atoms with E-state index in [1.165, 1.54) is 5.39 Å². The summed E-state index contributed by atoms with van der Waals surface area (Å²) in [6, 6.07) is 8.03. The van der Waals surface area contributed by atoms with Crippen molar-refractivity contribution in [3.63, 3.8) is 0 Å². The van der Waals surface area contributed by atoms with E-state index in [0.717, 1.165) is 11.1 Å². The lowest BCUT2D eigenvalue weighted by Crippen LogP contribution is -2.10. The molecule has 1 aromatic carbocycles. The van der Waals surface area contributed by atoms with Crippen molar-refractivity contribution in [1.29, 1.82) is 0 Å². The molecule has 0 saturated heterocycles. The van der Waals surface area contributed by atoms with Crippen LogP contribution in [0.5, 0.6) is 0 Å². The van der Waals surface area contributed by atoms with Gasteiger partial charge in [-0.2, -0.15) is 0 Å². The van der Waals surface area contributed by atoms with Crippen molar-refractivity contribution < 1.29 is 9.59 Å². The normalized spacial score (nSPS) is 8.68. The molecule has 0 atom stereocenters. The Labute approximate surface area is 113 Å². The van der Waals surface area contributed by atoms with E-state index in [9.17, 15) is 4.79 Å². The highest BCUT2D eigenvalue weighted by Crippen LogP contribution is 2.18. The molecule has 4 heteroatoms. The number of nitrogens with one attached hydrogen (secondary N) is 1. The maximum atomic E-state index is 10.6. The molecule has 0 bridgehead atoms. The molecule has 19 heavy (non-hydrogen) atoms. The molecule has 0 radical (unpaired) electrons. The number of nitrogens with two attached hydrogens (primary N) is 1. The predicted octanol–water partition coefficient (Wildman–Crippen LogP) is 2.59. The molecule has 0 unspecified atom stereocenters. The summed E-state index contributed by atoms with van der Waals surface area (Å²) in [6.45, 7) is 7.25. The first-order valence-corrected chi connectivity index (χ1v) is 5.88. The summed E-state index contributed by atoms with van der Waals surface area (Å²) in [5.74, 6) is -0.254. The molecule has 1 heterocycles. The van der Waals surface area contributed by atoms with Crippen LogP contribution in [0.4, 0.5) is 0 Å². The van der Waals surface area contributed by atoms with Crippen LogP contribution in [-0.2, 0) is 16.0 Å². The second-order valence-corrected chi connectivity index (χ2v) is 3.73. The van der Waals surface area contributed by atoms with Gasteiger partial charge in [0.25, 0.3) is 0 Å². The van der Waals surface area contributed by atoms with Crippen LogP contribution in [0, 0.1) is 0 Å². The summed E-state index contributed by atoms with van der Waals surface area (Å²) in [4.78, 5) is 21.8. The Balaban J connectivity index is 0.000000573. The van der Waals surface area contributed by atoms with E-state index in [1.807, 2.05) is 44.2 Å². The predicted molar refractivity (Wildman–Crippen MR) is 78.8 cm³/mol. The highest BCUT2D eigenvalue weighted by Gasteiger charge is 2.03. The fourth-order valence-corrected chi connectivity index (χ4v) is 1.60. The minimum Gasteiger partial charge on any atom is -0.370 e. The third kappa shape index (κ3) is 5.68. The molecule has 0 aliphatic heterocycles. The van der Waals surface area contributed by atoms with Crippen molar-refractivity contribution in [1.82, 2.24) is 4.98 Å². The van der Waals surface area contributed by atoms with Crippen molar-refractivity contribution in [3.8, 4) is 0 Å². The Morgan fingerprint density at radius 3 is 2.53 bits per heavy atom. The van der Waals surface area contributed by atoms with E-state index < -0.39 is 0 Å². The van der Waals surface area contributed by atoms with Gasteiger partial charge in [-0.25, -0.2) is 0 Å². The van der Waals surface area contributed by atoms with Gasteiger partial charge in [-0.05, 0) is 25.0 Å². The van der Waals surface area contributed by atoms with Crippen molar-refractivity contribution in [3.05, 3.63) is 48.7 Å². The van der Waals surface area contributed by atoms with Crippen molar-refractivity contribution >= 4 is 23.6 Å². The molecule has 0 aliphatic rings. The molecule has 4 nitrogen and oxygen atoms in total. The smallest absolute Gasteiger partial charge is 0.217 e. The minimum absolute atomic E-state index is 0.254. The Hall–Kier alpha value is -2.36. The number of carbonyl (C=O) groups is 2. The number of allylic oxidation sites excluding steroid dienone is 1. The molecule has 0 saturated carbocycles. The number of primary amides is 1. The summed E-state index contributed by atoms with van der Waals surface area (Å²) in [6.07, 6.45) is 4.80. The lowest BCUT2D eigenvalue weighted by atomic mass is 10.1. The first-order valence-electron chi connectivity index (χ1n) is 5.88. The lowest BCUT2D eigenvalue weighted by molar-refractivity contribution is -0.118. The number of rotatable bonds is 3. The van der Waals surface area contributed by atoms with Gasteiger partial charge in [0.05, 0.1) is 0 Å². The number of H-pyrrole nitrogens is 1. The molecule has 1 amide bonds. The maximum Gasteiger partial charge on any atom is 0.217 e. The lowest BCUT2D eigenvalue weighted by Gasteiger charge is -1.95. The topological polar surface area (TPSA) is 76.0 Å². The summed E-state index contributed by atoms with van der Waals surface area (Å²) in [5, 5.41) is 1.17. The average molecular weight is 260 g/mol. The van der Waals surface area contributed by atoms with E-state index >= 15 is 0 Å². The first kappa shape index (κ1) is 16.6. The Kier molecular flexibility index (Phi) is 8.45. The van der Waals surface area contributed by atoms with E-state index in [-0.39, 0.29) is 5.91 Å². The van der Waals surface area contributed by atoms with Crippen LogP contribution >= 0.6 is 0 Å². The number of amides is 1. The van der Waals surface area contributed by atoms with Crippen molar-refractivity contribution in [2.24, 2.45) is 5.73 Å². The number of aromatic nitrogens is 1. The molecule has 0 fully saturated rings. The molecule has 2 aromatic rings. The van der Waals surface area contributed by atoms with E-state index in [2.05, 4.69) is 11.6 Å². The van der Waals surface area contributed by atoms with Crippen LogP contribution < -0.4 is 5.73 Å². The fraction of sp³-hybridized carbons (Fsp3) is 0.200. The van der Waals surface area contributed by atoms with Gasteiger partial charge in [0, 0.05) is 23.5 Å². The zero-order valence-corrected chi connectivity index (χ0v) is 11.2. The SMILES string of the molecule is C=CC.C=O.NC(=O)CCc1c[nH]c2ccccc12. The third-order valence-corrected chi connectivity index (χ3v) is 2.32. The quantitative estimate of drug-likeness (QED) is 0.832. The van der Waals surface area contributed by atoms with Gasteiger partial charge in [-0.3, -0.25) is 4.79 Å². The molecular weight excluding hydrogens is 240 g/mol. The van der Waals surface area contributed by atoms with Crippen molar-refractivity contribution in [2.75, 3.05) is 0 Å². The largest absolute Gasteiger partial charge is 0.370 e. The summed E-state index contributed by atoms with van der Waals surface area (Å²) >= 11 is 0. The van der Waals surface area contributed by atoms with Crippen LogP contribution in [0.3, 0.4) is 0 Å². The Morgan fingerprint density at radius 2 is 1.95 bits per heavy atom. The van der Waals surface area contributed by atoms with E-state index in [0.29, 0.717) is 12.8 Å².